The Labute approximate surface area is 128 Å². The first kappa shape index (κ1) is 15.6. The highest BCUT2D eigenvalue weighted by atomic mass is 16.3. The van der Waals surface area contributed by atoms with Crippen molar-refractivity contribution in [2.45, 2.75) is 52.4 Å². The molecular formula is C20H26O. The minimum absolute atomic E-state index is 0.193. The summed E-state index contributed by atoms with van der Waals surface area (Å²) in [7, 11) is 0. The fourth-order valence-corrected chi connectivity index (χ4v) is 3.24. The minimum Gasteiger partial charge on any atom is -0.508 e. The van der Waals surface area contributed by atoms with E-state index >= 15 is 0 Å². The number of benzene rings is 2. The first-order valence-electron chi connectivity index (χ1n) is 7.92. The van der Waals surface area contributed by atoms with Gasteiger partial charge in [-0.25, -0.2) is 0 Å². The second kappa shape index (κ2) is 6.34. The van der Waals surface area contributed by atoms with Crippen molar-refractivity contribution in [2.24, 2.45) is 0 Å². The van der Waals surface area contributed by atoms with Crippen LogP contribution in [-0.2, 0) is 18.3 Å². The molecule has 21 heavy (non-hydrogen) atoms. The highest BCUT2D eigenvalue weighted by Crippen LogP contribution is 2.40. The smallest absolute Gasteiger partial charge is 0.119 e. The fourth-order valence-electron chi connectivity index (χ4n) is 3.24. The standard InChI is InChI=1S/C20H26O/c1-5-10-17-15(6-2)13-14-18(21)19(17)20(3,4)16-11-8-7-9-12-16/h7-9,11-14,21H,5-6,10H2,1-4H3. The largest absolute Gasteiger partial charge is 0.508 e. The average Bonchev–Trinajstić information content (AvgIpc) is 2.48. The van der Waals surface area contributed by atoms with Gasteiger partial charge in [0.15, 0.2) is 0 Å². The van der Waals surface area contributed by atoms with Gasteiger partial charge in [-0.15, -0.1) is 0 Å². The maximum atomic E-state index is 10.5. The lowest BCUT2D eigenvalue weighted by molar-refractivity contribution is 0.450. The van der Waals surface area contributed by atoms with Crippen molar-refractivity contribution in [2.75, 3.05) is 0 Å². The normalized spacial score (nSPS) is 11.6. The van der Waals surface area contributed by atoms with Crippen LogP contribution >= 0.6 is 0 Å². The van der Waals surface area contributed by atoms with E-state index in [1.807, 2.05) is 12.1 Å². The summed E-state index contributed by atoms with van der Waals surface area (Å²) in [6.45, 7) is 8.79. The molecular weight excluding hydrogens is 256 g/mol. The molecule has 0 aliphatic carbocycles. The maximum Gasteiger partial charge on any atom is 0.119 e. The Kier molecular flexibility index (Phi) is 4.72. The van der Waals surface area contributed by atoms with Crippen LogP contribution in [0.25, 0.3) is 0 Å². The number of phenolic OH excluding ortho intramolecular Hbond substituents is 1. The van der Waals surface area contributed by atoms with Crippen LogP contribution in [0.1, 0.15) is 56.4 Å². The zero-order valence-corrected chi connectivity index (χ0v) is 13.6. The van der Waals surface area contributed by atoms with Crippen LogP contribution in [0.3, 0.4) is 0 Å². The van der Waals surface area contributed by atoms with Gasteiger partial charge in [-0.05, 0) is 35.6 Å². The number of phenols is 1. The van der Waals surface area contributed by atoms with E-state index in [1.165, 1.54) is 16.7 Å². The van der Waals surface area contributed by atoms with Crippen molar-refractivity contribution in [3.63, 3.8) is 0 Å². The van der Waals surface area contributed by atoms with Gasteiger partial charge in [0.1, 0.15) is 5.75 Å². The van der Waals surface area contributed by atoms with Gasteiger partial charge in [0.05, 0.1) is 0 Å². The van der Waals surface area contributed by atoms with Crippen molar-refractivity contribution in [1.29, 1.82) is 0 Å². The van der Waals surface area contributed by atoms with Crippen molar-refractivity contribution in [3.8, 4) is 5.75 Å². The number of hydrogen-bond donors (Lipinski definition) is 1. The molecule has 0 spiro atoms. The molecule has 0 bridgehead atoms. The lowest BCUT2D eigenvalue weighted by Crippen LogP contribution is -2.22. The Morgan fingerprint density at radius 2 is 1.62 bits per heavy atom. The second-order valence-electron chi connectivity index (χ2n) is 6.19. The van der Waals surface area contributed by atoms with E-state index in [9.17, 15) is 5.11 Å². The Balaban J connectivity index is 2.66. The first-order chi connectivity index (χ1) is 10.0. The molecule has 2 aromatic rings. The van der Waals surface area contributed by atoms with Crippen LogP contribution < -0.4 is 0 Å². The highest BCUT2D eigenvalue weighted by Gasteiger charge is 2.29. The third kappa shape index (κ3) is 2.97. The molecule has 1 N–H and O–H groups in total. The summed E-state index contributed by atoms with van der Waals surface area (Å²) in [5, 5.41) is 10.5. The summed E-state index contributed by atoms with van der Waals surface area (Å²) in [6.07, 6.45) is 3.12. The number of rotatable bonds is 5. The van der Waals surface area contributed by atoms with Gasteiger partial charge < -0.3 is 5.11 Å². The average molecular weight is 282 g/mol. The van der Waals surface area contributed by atoms with Crippen LogP contribution in [0.15, 0.2) is 42.5 Å². The summed E-state index contributed by atoms with van der Waals surface area (Å²) in [5.74, 6) is 0.421. The minimum atomic E-state index is -0.193. The van der Waals surface area contributed by atoms with E-state index in [1.54, 1.807) is 0 Å². The first-order valence-corrected chi connectivity index (χ1v) is 7.92. The molecule has 0 saturated heterocycles. The molecule has 0 aliphatic rings. The van der Waals surface area contributed by atoms with Crippen molar-refractivity contribution in [1.82, 2.24) is 0 Å². The molecule has 0 aliphatic heterocycles. The summed E-state index contributed by atoms with van der Waals surface area (Å²) >= 11 is 0. The molecule has 0 heterocycles. The van der Waals surface area contributed by atoms with Crippen molar-refractivity contribution >= 4 is 0 Å². The van der Waals surface area contributed by atoms with E-state index in [2.05, 4.69) is 58.0 Å². The predicted molar refractivity (Wildman–Crippen MR) is 90.0 cm³/mol. The topological polar surface area (TPSA) is 20.2 Å². The zero-order valence-electron chi connectivity index (χ0n) is 13.6. The second-order valence-corrected chi connectivity index (χ2v) is 6.19. The van der Waals surface area contributed by atoms with E-state index in [0.29, 0.717) is 5.75 Å². The number of aromatic hydroxyl groups is 1. The molecule has 0 amide bonds. The van der Waals surface area contributed by atoms with E-state index < -0.39 is 0 Å². The molecule has 0 unspecified atom stereocenters. The van der Waals surface area contributed by atoms with Gasteiger partial charge in [0.25, 0.3) is 0 Å². The third-order valence-electron chi connectivity index (χ3n) is 4.39. The summed E-state index contributed by atoms with van der Waals surface area (Å²) in [6, 6.07) is 14.4. The molecule has 2 rings (SSSR count). The van der Waals surface area contributed by atoms with Crippen LogP contribution in [0.4, 0.5) is 0 Å². The Hall–Kier alpha value is -1.76. The monoisotopic (exact) mass is 282 g/mol. The Bertz CT molecular complexity index is 597. The molecule has 112 valence electrons. The summed E-state index contributed by atoms with van der Waals surface area (Å²) < 4.78 is 0. The van der Waals surface area contributed by atoms with E-state index in [4.69, 9.17) is 0 Å². The molecule has 0 radical (unpaired) electrons. The van der Waals surface area contributed by atoms with E-state index in [0.717, 1.165) is 24.8 Å². The van der Waals surface area contributed by atoms with Crippen LogP contribution in [0.2, 0.25) is 0 Å². The quantitative estimate of drug-likeness (QED) is 0.795. The SMILES string of the molecule is CCCc1c(CC)ccc(O)c1C(C)(C)c1ccccc1. The molecule has 1 nitrogen and oxygen atoms in total. The summed E-state index contributed by atoms with van der Waals surface area (Å²) in [5.41, 5.74) is 4.82. The highest BCUT2D eigenvalue weighted by molar-refractivity contribution is 5.53. The van der Waals surface area contributed by atoms with Gasteiger partial charge in [-0.2, -0.15) is 0 Å². The lowest BCUT2D eigenvalue weighted by Gasteiger charge is -2.30. The van der Waals surface area contributed by atoms with Crippen LogP contribution in [0.5, 0.6) is 5.75 Å². The third-order valence-corrected chi connectivity index (χ3v) is 4.39. The van der Waals surface area contributed by atoms with Crippen LogP contribution in [-0.4, -0.2) is 5.11 Å². The van der Waals surface area contributed by atoms with Gasteiger partial charge in [-0.3, -0.25) is 0 Å². The molecule has 2 aromatic carbocycles. The number of hydrogen-bond acceptors (Lipinski definition) is 1. The lowest BCUT2D eigenvalue weighted by atomic mass is 9.73. The Morgan fingerprint density at radius 1 is 0.952 bits per heavy atom. The number of aryl methyl sites for hydroxylation is 1. The molecule has 1 heteroatoms. The van der Waals surface area contributed by atoms with Crippen LogP contribution in [0, 0.1) is 0 Å². The van der Waals surface area contributed by atoms with Crippen molar-refractivity contribution in [3.05, 3.63) is 64.7 Å². The zero-order chi connectivity index (χ0) is 15.5. The molecule has 0 saturated carbocycles. The molecule has 0 aromatic heterocycles. The predicted octanol–water partition coefficient (Wildman–Crippen LogP) is 5.23. The fraction of sp³-hybridized carbons (Fsp3) is 0.400. The molecule has 0 fully saturated rings. The van der Waals surface area contributed by atoms with Gasteiger partial charge in [-0.1, -0.05) is 70.5 Å². The van der Waals surface area contributed by atoms with E-state index in [-0.39, 0.29) is 5.41 Å². The maximum absolute atomic E-state index is 10.5. The van der Waals surface area contributed by atoms with Gasteiger partial charge >= 0.3 is 0 Å². The molecule has 0 atom stereocenters. The summed E-state index contributed by atoms with van der Waals surface area (Å²) in [4.78, 5) is 0. The Morgan fingerprint density at radius 3 is 2.19 bits per heavy atom. The van der Waals surface area contributed by atoms with Gasteiger partial charge in [0.2, 0.25) is 0 Å². The van der Waals surface area contributed by atoms with Crippen molar-refractivity contribution < 1.29 is 5.11 Å². The van der Waals surface area contributed by atoms with Gasteiger partial charge in [0, 0.05) is 11.0 Å².